The molecule has 0 saturated heterocycles. The summed E-state index contributed by atoms with van der Waals surface area (Å²) in [7, 11) is -3.75. The van der Waals surface area contributed by atoms with Crippen LogP contribution in [0.5, 0.6) is 0 Å². The number of sulfonamides is 1. The van der Waals surface area contributed by atoms with Crippen LogP contribution < -0.4 is 21.3 Å². The van der Waals surface area contributed by atoms with E-state index in [1.54, 1.807) is 0 Å². The summed E-state index contributed by atoms with van der Waals surface area (Å²) in [5, 5.41) is 8.11. The van der Waals surface area contributed by atoms with Crippen LogP contribution in [0.2, 0.25) is 0 Å². The number of amides is 2. The summed E-state index contributed by atoms with van der Waals surface area (Å²) in [6.45, 7) is 0. The number of hydrogen-bond acceptors (Lipinski definition) is 6. The van der Waals surface area contributed by atoms with Crippen LogP contribution in [0.15, 0.2) is 53.4 Å². The third kappa shape index (κ3) is 3.79. The highest BCUT2D eigenvalue weighted by atomic mass is 32.2. The second-order valence-corrected chi connectivity index (χ2v) is 7.35. The lowest BCUT2D eigenvalue weighted by molar-refractivity contribution is 0.254. The Morgan fingerprint density at radius 3 is 2.46 bits per heavy atom. The molecule has 10 heteroatoms. The van der Waals surface area contributed by atoms with E-state index < -0.39 is 16.1 Å². The van der Waals surface area contributed by atoms with Crippen molar-refractivity contribution in [3.05, 3.63) is 48.5 Å². The first kappa shape index (κ1) is 16.2. The molecule has 0 unspecified atom stereocenters. The molecule has 0 aliphatic carbocycles. The number of nitrogens with zero attached hydrogens (tertiary/aromatic N) is 1. The van der Waals surface area contributed by atoms with E-state index in [0.29, 0.717) is 10.8 Å². The summed E-state index contributed by atoms with van der Waals surface area (Å²) in [5.41, 5.74) is 6.44. The number of rotatable bonds is 4. The van der Waals surface area contributed by atoms with Crippen LogP contribution in [0.4, 0.5) is 15.6 Å². The van der Waals surface area contributed by atoms with Crippen LogP contribution in [-0.4, -0.2) is 19.4 Å². The summed E-state index contributed by atoms with van der Waals surface area (Å²) < 4.78 is 23.3. The Kier molecular flexibility index (Phi) is 4.34. The first-order valence-corrected chi connectivity index (χ1v) is 9.09. The fourth-order valence-corrected chi connectivity index (χ4v) is 3.26. The zero-order valence-corrected chi connectivity index (χ0v) is 13.8. The molecule has 0 atom stereocenters. The highest BCUT2D eigenvalue weighted by molar-refractivity contribution is 7.89. The van der Waals surface area contributed by atoms with Crippen LogP contribution in [0.3, 0.4) is 0 Å². The standard InChI is InChI=1S/C14H13N5O3S2/c15-24(21,22)10-7-5-9(6-8-10)16-13(20)18-19-14-17-11-3-1-2-4-12(11)23-14/h1-8H,(H,17,19)(H2,15,21,22)(H2,16,18,20). The molecule has 1 aromatic heterocycles. The van der Waals surface area contributed by atoms with Gasteiger partial charge >= 0.3 is 6.03 Å². The van der Waals surface area contributed by atoms with Gasteiger partial charge in [0.1, 0.15) is 0 Å². The lowest BCUT2D eigenvalue weighted by Crippen LogP contribution is -2.33. The number of para-hydroxylation sites is 1. The lowest BCUT2D eigenvalue weighted by Gasteiger charge is -2.08. The average Bonchev–Trinajstić information content (AvgIpc) is 2.95. The maximum absolute atomic E-state index is 11.8. The number of carbonyl (C=O) groups excluding carboxylic acids is 1. The van der Waals surface area contributed by atoms with Gasteiger partial charge in [-0.1, -0.05) is 23.5 Å². The molecule has 0 spiro atoms. The Balaban J connectivity index is 1.59. The van der Waals surface area contributed by atoms with Crippen LogP contribution in [0.25, 0.3) is 10.2 Å². The molecule has 0 bridgehead atoms. The molecule has 1 heterocycles. The Bertz CT molecular complexity index is 950. The second-order valence-electron chi connectivity index (χ2n) is 4.76. The number of anilines is 2. The number of nitrogens with two attached hydrogens (primary N) is 1. The van der Waals surface area contributed by atoms with Gasteiger partial charge < -0.3 is 5.32 Å². The van der Waals surface area contributed by atoms with Gasteiger partial charge in [-0.15, -0.1) is 0 Å². The zero-order chi connectivity index (χ0) is 17.2. The smallest absolute Gasteiger partial charge is 0.307 e. The van der Waals surface area contributed by atoms with Crippen LogP contribution >= 0.6 is 11.3 Å². The fourth-order valence-electron chi connectivity index (χ4n) is 1.93. The third-order valence-electron chi connectivity index (χ3n) is 3.02. The zero-order valence-electron chi connectivity index (χ0n) is 12.2. The Morgan fingerprint density at radius 2 is 1.79 bits per heavy atom. The Hall–Kier alpha value is -2.69. The predicted molar refractivity (Wildman–Crippen MR) is 93.2 cm³/mol. The van der Waals surface area contributed by atoms with E-state index in [1.807, 2.05) is 24.3 Å². The van der Waals surface area contributed by atoms with Gasteiger partial charge in [-0.05, 0) is 36.4 Å². The molecule has 8 nitrogen and oxygen atoms in total. The van der Waals surface area contributed by atoms with Gasteiger partial charge in [0.25, 0.3) is 0 Å². The maximum Gasteiger partial charge on any atom is 0.337 e. The number of nitrogens with one attached hydrogen (secondary N) is 3. The van der Waals surface area contributed by atoms with Crippen molar-refractivity contribution >= 4 is 48.4 Å². The van der Waals surface area contributed by atoms with Gasteiger partial charge in [-0.25, -0.2) is 28.8 Å². The number of primary sulfonamides is 1. The van der Waals surface area contributed by atoms with E-state index in [2.05, 4.69) is 21.2 Å². The molecule has 24 heavy (non-hydrogen) atoms. The van der Waals surface area contributed by atoms with Crippen molar-refractivity contribution in [1.29, 1.82) is 0 Å². The summed E-state index contributed by atoms with van der Waals surface area (Å²) in [4.78, 5) is 16.1. The molecule has 5 N–H and O–H groups in total. The van der Waals surface area contributed by atoms with E-state index in [1.165, 1.54) is 35.6 Å². The van der Waals surface area contributed by atoms with Crippen molar-refractivity contribution in [3.8, 4) is 0 Å². The molecule has 2 aromatic carbocycles. The largest absolute Gasteiger partial charge is 0.337 e. The molecule has 0 aliphatic rings. The summed E-state index contributed by atoms with van der Waals surface area (Å²) in [6.07, 6.45) is 0. The number of benzene rings is 2. The minimum absolute atomic E-state index is 0.0268. The number of hydrazine groups is 1. The summed E-state index contributed by atoms with van der Waals surface area (Å²) in [6, 6.07) is 12.6. The molecular weight excluding hydrogens is 350 g/mol. The SMILES string of the molecule is NS(=O)(=O)c1ccc(NC(=O)NNc2nc3ccccc3s2)cc1. The van der Waals surface area contributed by atoms with Crippen molar-refractivity contribution in [2.75, 3.05) is 10.7 Å². The van der Waals surface area contributed by atoms with Crippen molar-refractivity contribution < 1.29 is 13.2 Å². The van der Waals surface area contributed by atoms with Gasteiger partial charge in [-0.3, -0.25) is 5.43 Å². The molecule has 2 amide bonds. The van der Waals surface area contributed by atoms with Gasteiger partial charge in [0.2, 0.25) is 15.2 Å². The lowest BCUT2D eigenvalue weighted by atomic mass is 10.3. The van der Waals surface area contributed by atoms with Crippen molar-refractivity contribution in [2.45, 2.75) is 4.90 Å². The van der Waals surface area contributed by atoms with Gasteiger partial charge in [0.15, 0.2) is 0 Å². The number of thiazole rings is 1. The molecule has 3 rings (SSSR count). The van der Waals surface area contributed by atoms with Gasteiger partial charge in [0, 0.05) is 5.69 Å². The molecule has 0 aliphatic heterocycles. The minimum Gasteiger partial charge on any atom is -0.307 e. The second kappa shape index (κ2) is 6.43. The van der Waals surface area contributed by atoms with E-state index >= 15 is 0 Å². The molecule has 0 radical (unpaired) electrons. The van der Waals surface area contributed by atoms with Crippen LogP contribution in [0.1, 0.15) is 0 Å². The maximum atomic E-state index is 11.8. The van der Waals surface area contributed by atoms with Crippen LogP contribution in [-0.2, 0) is 10.0 Å². The number of carbonyl (C=O) groups is 1. The highest BCUT2D eigenvalue weighted by Gasteiger charge is 2.08. The molecule has 0 fully saturated rings. The van der Waals surface area contributed by atoms with E-state index in [-0.39, 0.29) is 4.90 Å². The number of hydrogen-bond donors (Lipinski definition) is 4. The number of fused-ring (bicyclic) bond motifs is 1. The molecular formula is C14H13N5O3S2. The van der Waals surface area contributed by atoms with E-state index in [0.717, 1.165) is 10.2 Å². The summed E-state index contributed by atoms with van der Waals surface area (Å²) in [5.74, 6) is 0. The first-order chi connectivity index (χ1) is 11.4. The van der Waals surface area contributed by atoms with Crippen LogP contribution in [0, 0.1) is 0 Å². The number of aromatic nitrogens is 1. The normalized spacial score (nSPS) is 11.2. The monoisotopic (exact) mass is 363 g/mol. The third-order valence-corrected chi connectivity index (χ3v) is 4.90. The highest BCUT2D eigenvalue weighted by Crippen LogP contribution is 2.24. The van der Waals surface area contributed by atoms with Gasteiger partial charge in [0.05, 0.1) is 15.1 Å². The fraction of sp³-hybridized carbons (Fsp3) is 0. The van der Waals surface area contributed by atoms with E-state index in [9.17, 15) is 13.2 Å². The van der Waals surface area contributed by atoms with Crippen molar-refractivity contribution in [2.24, 2.45) is 5.14 Å². The average molecular weight is 363 g/mol. The molecule has 3 aromatic rings. The molecule has 124 valence electrons. The van der Waals surface area contributed by atoms with Crippen molar-refractivity contribution in [1.82, 2.24) is 10.4 Å². The minimum atomic E-state index is -3.75. The quantitative estimate of drug-likeness (QED) is 0.528. The topological polar surface area (TPSA) is 126 Å². The van der Waals surface area contributed by atoms with Crippen molar-refractivity contribution in [3.63, 3.8) is 0 Å². The Morgan fingerprint density at radius 1 is 1.08 bits per heavy atom. The summed E-state index contributed by atoms with van der Waals surface area (Å²) >= 11 is 1.40. The van der Waals surface area contributed by atoms with E-state index in [4.69, 9.17) is 5.14 Å². The van der Waals surface area contributed by atoms with Gasteiger partial charge in [-0.2, -0.15) is 0 Å². The predicted octanol–water partition coefficient (Wildman–Crippen LogP) is 2.09. The number of urea groups is 1. The first-order valence-electron chi connectivity index (χ1n) is 6.73. The molecule has 0 saturated carbocycles. The Labute approximate surface area is 141 Å².